The SMILES string of the molecule is CCCCC/C=C\C=C\C(=O)CCCCCCCC(=O)OC[C@H](COP(=O)(O)OC1[C@H](O)[C@H](O)C(O)[C@H](O)[C@H]1O)OC(=O)CCCCCCCCCCCCCCCCCCC. The summed E-state index contributed by atoms with van der Waals surface area (Å²) in [6.07, 6.45) is 23.3. The van der Waals surface area contributed by atoms with Crippen molar-refractivity contribution < 1.29 is 67.9 Å². The Labute approximate surface area is 372 Å². The highest BCUT2D eigenvalue weighted by molar-refractivity contribution is 7.47. The average Bonchev–Trinajstić information content (AvgIpc) is 3.25. The van der Waals surface area contributed by atoms with Crippen LogP contribution in [0.2, 0.25) is 0 Å². The van der Waals surface area contributed by atoms with Crippen LogP contribution in [-0.4, -0.2) is 104 Å². The summed E-state index contributed by atoms with van der Waals surface area (Å²) in [5.74, 6) is -1.10. The quantitative estimate of drug-likeness (QED) is 0.0111. The van der Waals surface area contributed by atoms with Gasteiger partial charge in [0.25, 0.3) is 0 Å². The molecule has 0 amide bonds. The van der Waals surface area contributed by atoms with E-state index in [4.69, 9.17) is 18.5 Å². The first-order chi connectivity index (χ1) is 29.8. The largest absolute Gasteiger partial charge is 0.472 e. The van der Waals surface area contributed by atoms with Crippen molar-refractivity contribution in [2.45, 2.75) is 243 Å². The molecule has 8 atom stereocenters. The maximum Gasteiger partial charge on any atom is 0.472 e. The lowest BCUT2D eigenvalue weighted by Crippen LogP contribution is -2.64. The number of aliphatic hydroxyl groups excluding tert-OH is 5. The number of phosphoric acid groups is 1. The zero-order valence-electron chi connectivity index (χ0n) is 38.2. The lowest BCUT2D eigenvalue weighted by atomic mass is 9.85. The fourth-order valence-corrected chi connectivity index (χ4v) is 8.30. The number of esters is 2. The molecule has 0 heterocycles. The first kappa shape index (κ1) is 58.0. The lowest BCUT2D eigenvalue weighted by Gasteiger charge is -2.41. The van der Waals surface area contributed by atoms with Gasteiger partial charge < -0.3 is 39.9 Å². The van der Waals surface area contributed by atoms with Crippen molar-refractivity contribution in [3.05, 3.63) is 24.3 Å². The van der Waals surface area contributed by atoms with Crippen LogP contribution < -0.4 is 0 Å². The number of rotatable bonds is 40. The summed E-state index contributed by atoms with van der Waals surface area (Å²) >= 11 is 0. The van der Waals surface area contributed by atoms with E-state index in [9.17, 15) is 49.4 Å². The molecule has 362 valence electrons. The van der Waals surface area contributed by atoms with Gasteiger partial charge in [0.2, 0.25) is 0 Å². The normalized spacial score (nSPS) is 21.9. The van der Waals surface area contributed by atoms with Crippen molar-refractivity contribution in [3.63, 3.8) is 0 Å². The molecule has 15 heteroatoms. The van der Waals surface area contributed by atoms with E-state index >= 15 is 0 Å². The molecule has 0 spiro atoms. The van der Waals surface area contributed by atoms with Crippen LogP contribution in [0.4, 0.5) is 0 Å². The Bertz CT molecular complexity index is 1250. The molecule has 6 N–H and O–H groups in total. The molecule has 0 bridgehead atoms. The average molecular weight is 905 g/mol. The minimum atomic E-state index is -5.14. The fraction of sp³-hybridized carbons (Fsp3) is 0.851. The molecule has 1 rings (SSSR count). The zero-order valence-corrected chi connectivity index (χ0v) is 39.1. The van der Waals surface area contributed by atoms with Gasteiger partial charge in [0.05, 0.1) is 6.61 Å². The molecule has 0 aromatic rings. The molecule has 0 radical (unpaired) electrons. The number of ether oxygens (including phenoxy) is 2. The van der Waals surface area contributed by atoms with E-state index in [2.05, 4.69) is 19.9 Å². The van der Waals surface area contributed by atoms with Crippen molar-refractivity contribution in [3.8, 4) is 0 Å². The van der Waals surface area contributed by atoms with Crippen LogP contribution in [0.25, 0.3) is 0 Å². The summed E-state index contributed by atoms with van der Waals surface area (Å²) in [6, 6.07) is 0. The van der Waals surface area contributed by atoms with E-state index in [0.717, 1.165) is 64.2 Å². The molecule has 62 heavy (non-hydrogen) atoms. The van der Waals surface area contributed by atoms with Gasteiger partial charge in [-0.15, -0.1) is 0 Å². The molecule has 0 aromatic carbocycles. The van der Waals surface area contributed by atoms with Gasteiger partial charge >= 0.3 is 19.8 Å². The minimum Gasteiger partial charge on any atom is -0.462 e. The van der Waals surface area contributed by atoms with Crippen LogP contribution in [0.1, 0.15) is 200 Å². The van der Waals surface area contributed by atoms with E-state index in [-0.39, 0.29) is 18.6 Å². The molecular weight excluding hydrogens is 819 g/mol. The first-order valence-corrected chi connectivity index (χ1v) is 25.6. The molecule has 0 aliphatic heterocycles. The van der Waals surface area contributed by atoms with Gasteiger partial charge in [-0.3, -0.25) is 23.4 Å². The first-order valence-electron chi connectivity index (χ1n) is 24.1. The maximum atomic E-state index is 12.8. The van der Waals surface area contributed by atoms with E-state index < -0.39 is 75.7 Å². The van der Waals surface area contributed by atoms with Gasteiger partial charge in [-0.05, 0) is 38.2 Å². The Balaban J connectivity index is 2.46. The summed E-state index contributed by atoms with van der Waals surface area (Å²) < 4.78 is 33.5. The van der Waals surface area contributed by atoms with Gasteiger partial charge in [-0.1, -0.05) is 167 Å². The number of carbonyl (C=O) groups excluding carboxylic acids is 3. The summed E-state index contributed by atoms with van der Waals surface area (Å²) in [4.78, 5) is 47.8. The third-order valence-electron chi connectivity index (χ3n) is 11.3. The number of allylic oxidation sites excluding steroid dienone is 4. The Kier molecular flexibility index (Phi) is 34.9. The second kappa shape index (κ2) is 37.2. The molecule has 14 nitrogen and oxygen atoms in total. The standard InChI is InChI=1S/C47H85O14P/c1-3-5-7-9-11-12-13-14-15-16-17-18-19-20-22-26-31-35-41(50)60-39(37-59-62(56,57)61-47-45(54)43(52)42(51)44(53)46(47)55)36-58-40(49)34-30-27-23-25-29-33-38(48)32-28-24-21-10-8-6-4-2/h21,24,28,32,39,42-47,51-55H,3-20,22-23,25-27,29-31,33-37H2,1-2H3,(H,56,57)/b24-21-,32-28+/t39-,42?,43-,44+,45-,46-,47?/m1/s1. The Morgan fingerprint density at radius 3 is 1.45 bits per heavy atom. The fourth-order valence-electron chi connectivity index (χ4n) is 7.33. The number of aliphatic hydroxyl groups is 5. The van der Waals surface area contributed by atoms with Gasteiger partial charge in [0, 0.05) is 19.3 Å². The third-order valence-corrected chi connectivity index (χ3v) is 12.3. The predicted molar refractivity (Wildman–Crippen MR) is 240 cm³/mol. The lowest BCUT2D eigenvalue weighted by molar-refractivity contribution is -0.220. The van der Waals surface area contributed by atoms with Gasteiger partial charge in [0.15, 0.2) is 11.9 Å². The monoisotopic (exact) mass is 905 g/mol. The summed E-state index contributed by atoms with van der Waals surface area (Å²) in [5, 5.41) is 50.2. The summed E-state index contributed by atoms with van der Waals surface area (Å²) in [5.41, 5.74) is 0. The van der Waals surface area contributed by atoms with Gasteiger partial charge in [0.1, 0.15) is 43.2 Å². The van der Waals surface area contributed by atoms with Crippen molar-refractivity contribution in [1.82, 2.24) is 0 Å². The van der Waals surface area contributed by atoms with Crippen LogP contribution in [0.5, 0.6) is 0 Å². The predicted octanol–water partition coefficient (Wildman–Crippen LogP) is 8.80. The topological polar surface area (TPSA) is 227 Å². The summed E-state index contributed by atoms with van der Waals surface area (Å²) in [6.45, 7) is 3.16. The summed E-state index contributed by atoms with van der Waals surface area (Å²) in [7, 11) is -5.14. The second-order valence-corrected chi connectivity index (χ2v) is 18.4. The van der Waals surface area contributed by atoms with E-state index in [1.807, 2.05) is 6.08 Å². The Hall–Kier alpha value is -2.00. The van der Waals surface area contributed by atoms with Crippen LogP contribution >= 0.6 is 7.82 Å². The molecule has 0 saturated heterocycles. The van der Waals surface area contributed by atoms with Crippen LogP contribution in [0.3, 0.4) is 0 Å². The van der Waals surface area contributed by atoms with Crippen molar-refractivity contribution in [1.29, 1.82) is 0 Å². The molecule has 1 aliphatic rings. The van der Waals surface area contributed by atoms with Crippen molar-refractivity contribution in [2.24, 2.45) is 0 Å². The molecule has 0 aromatic heterocycles. The van der Waals surface area contributed by atoms with Crippen LogP contribution in [0.15, 0.2) is 24.3 Å². The van der Waals surface area contributed by atoms with Crippen molar-refractivity contribution >= 4 is 25.5 Å². The van der Waals surface area contributed by atoms with E-state index in [1.165, 1.54) is 89.9 Å². The second-order valence-electron chi connectivity index (χ2n) is 17.0. The molecule has 1 saturated carbocycles. The number of hydrogen-bond acceptors (Lipinski definition) is 13. The number of carbonyl (C=O) groups is 3. The molecular formula is C47H85O14P. The minimum absolute atomic E-state index is 0.0763. The van der Waals surface area contributed by atoms with Crippen LogP contribution in [0, 0.1) is 0 Å². The Morgan fingerprint density at radius 1 is 0.532 bits per heavy atom. The van der Waals surface area contributed by atoms with Gasteiger partial charge in [-0.2, -0.15) is 0 Å². The van der Waals surface area contributed by atoms with Crippen LogP contribution in [-0.2, 0) is 37.5 Å². The number of ketones is 1. The highest BCUT2D eigenvalue weighted by Gasteiger charge is 2.51. The molecule has 1 aliphatic carbocycles. The third kappa shape index (κ3) is 29.4. The van der Waals surface area contributed by atoms with Gasteiger partial charge in [-0.25, -0.2) is 4.57 Å². The molecule has 3 unspecified atom stereocenters. The zero-order chi connectivity index (χ0) is 45.9. The highest BCUT2D eigenvalue weighted by Crippen LogP contribution is 2.47. The van der Waals surface area contributed by atoms with E-state index in [0.29, 0.717) is 19.3 Å². The smallest absolute Gasteiger partial charge is 0.462 e. The number of unbranched alkanes of at least 4 members (excludes halogenated alkanes) is 23. The number of phosphoric ester groups is 1. The highest BCUT2D eigenvalue weighted by atomic mass is 31.2. The Morgan fingerprint density at radius 2 is 0.952 bits per heavy atom. The maximum absolute atomic E-state index is 12.8. The van der Waals surface area contributed by atoms with E-state index in [1.54, 1.807) is 12.2 Å². The molecule has 1 fully saturated rings. The number of hydrogen-bond donors (Lipinski definition) is 6. The van der Waals surface area contributed by atoms with Crippen molar-refractivity contribution in [2.75, 3.05) is 13.2 Å².